The van der Waals surface area contributed by atoms with E-state index >= 15 is 0 Å². The molecule has 10 aromatic rings. The minimum absolute atomic E-state index is 0.266. The Hall–Kier alpha value is -8.37. The molecule has 0 unspecified atom stereocenters. The van der Waals surface area contributed by atoms with Crippen molar-refractivity contribution in [2.75, 3.05) is 19.6 Å². The Balaban J connectivity index is 1.23. The summed E-state index contributed by atoms with van der Waals surface area (Å²) in [5.74, 6) is 1.27. The van der Waals surface area contributed by atoms with Gasteiger partial charge in [0.1, 0.15) is 0 Å². The van der Waals surface area contributed by atoms with Gasteiger partial charge in [0.05, 0.1) is 0 Å². The van der Waals surface area contributed by atoms with Gasteiger partial charge in [-0.1, -0.05) is 0 Å². The number of fused-ring (bicyclic) bond motifs is 18. The topological polar surface area (TPSA) is 22.2 Å². The maximum atomic E-state index is 7.01. The number of para-hydroxylation sites is 4. The molecule has 5 nitrogen and oxygen atoms in total. The predicted octanol–water partition coefficient (Wildman–Crippen LogP) is 22.0. The zero-order valence-corrected chi connectivity index (χ0v) is 57.0. The third kappa shape index (κ3) is 7.65. The second kappa shape index (κ2) is 18.2. The molecule has 0 N–H and O–H groups in total. The van der Waals surface area contributed by atoms with Gasteiger partial charge in [0.15, 0.2) is 0 Å². The first-order chi connectivity index (χ1) is 42.7. The zero-order valence-electron chi connectivity index (χ0n) is 54.7. The van der Waals surface area contributed by atoms with Gasteiger partial charge in [-0.3, -0.25) is 0 Å². The number of nitrogens with zero attached hydrogens (tertiary/aromatic N) is 4. The van der Waals surface area contributed by atoms with E-state index in [4.69, 9.17) is 4.74 Å². The van der Waals surface area contributed by atoms with Gasteiger partial charge in [-0.2, -0.15) is 0 Å². The van der Waals surface area contributed by atoms with Crippen LogP contribution in [0.2, 0.25) is 0 Å². The molecule has 450 valence electrons. The van der Waals surface area contributed by atoms with Gasteiger partial charge in [-0.25, -0.2) is 0 Å². The number of benzene rings is 10. The molecule has 10 aromatic carbocycles. The van der Waals surface area contributed by atoms with Gasteiger partial charge in [0, 0.05) is 0 Å². The summed E-state index contributed by atoms with van der Waals surface area (Å²) < 4.78 is 9.40. The van der Waals surface area contributed by atoms with E-state index in [0.29, 0.717) is 11.5 Å². The third-order valence-electron chi connectivity index (χ3n) is 20.5. The molecule has 0 spiro atoms. The summed E-state index contributed by atoms with van der Waals surface area (Å²) in [6.45, 7) is 39.0. The minimum atomic E-state index is -1.38. The molecule has 0 aromatic heterocycles. The molecule has 90 heavy (non-hydrogen) atoms. The van der Waals surface area contributed by atoms with Crippen molar-refractivity contribution in [2.24, 2.45) is 0 Å². The number of rotatable bonds is 0. The number of hydrogen-bond donors (Lipinski definition) is 0. The number of anilines is 8. The van der Waals surface area contributed by atoms with Crippen LogP contribution in [0.15, 0.2) is 170 Å². The molecule has 17 rings (SSSR count). The maximum absolute atomic E-state index is 7.01. The van der Waals surface area contributed by atoms with Crippen molar-refractivity contribution in [1.29, 1.82) is 0 Å². The van der Waals surface area contributed by atoms with E-state index in [0.717, 1.165) is 34.1 Å². The quantitative estimate of drug-likeness (QED) is 0.141. The Bertz CT molecular complexity index is 4490. The summed E-state index contributed by atoms with van der Waals surface area (Å²) in [5, 5.41) is 0. The van der Waals surface area contributed by atoms with Crippen LogP contribution in [0.1, 0.15) is 155 Å². The summed E-state index contributed by atoms with van der Waals surface area (Å²) in [5.41, 5.74) is 32.7. The molecular formula is C84H76N4OPt-2. The normalized spacial score (nSPS) is 16.4. The second-order valence-electron chi connectivity index (χ2n) is 31.2. The van der Waals surface area contributed by atoms with Crippen LogP contribution >= 0.6 is 0 Å². The van der Waals surface area contributed by atoms with E-state index < -0.39 is 17.6 Å². The van der Waals surface area contributed by atoms with Crippen molar-refractivity contribution in [2.45, 2.75) is 143 Å². The summed E-state index contributed by atoms with van der Waals surface area (Å²) in [7, 11) is 0. The van der Waals surface area contributed by atoms with Crippen molar-refractivity contribution in [1.82, 2.24) is 0 Å². The Morgan fingerprint density at radius 2 is 0.622 bits per heavy atom. The Morgan fingerprint density at radius 3 is 0.911 bits per heavy atom. The molecule has 6 heteroatoms. The van der Waals surface area contributed by atoms with Crippen LogP contribution in [-0.4, -0.2) is 8.29 Å². The van der Waals surface area contributed by atoms with Crippen LogP contribution in [0.5, 0.6) is 11.5 Å². The molecule has 2 aliphatic carbocycles. The average molecular weight is 1350 g/mol. The third-order valence-corrected chi connectivity index (χ3v) is 23.6. The van der Waals surface area contributed by atoms with E-state index in [-0.39, 0.29) is 32.5 Å². The van der Waals surface area contributed by atoms with Gasteiger partial charge in [0.25, 0.3) is 0 Å². The summed E-state index contributed by atoms with van der Waals surface area (Å²) >= 11 is -1.38. The molecule has 7 aliphatic rings. The van der Waals surface area contributed by atoms with Gasteiger partial charge >= 0.3 is 544 Å². The van der Waals surface area contributed by atoms with Gasteiger partial charge in [0.2, 0.25) is 0 Å². The first kappa shape index (κ1) is 55.7. The van der Waals surface area contributed by atoms with Gasteiger partial charge in [-0.05, 0) is 0 Å². The van der Waals surface area contributed by atoms with Crippen LogP contribution in [0.3, 0.4) is 0 Å². The van der Waals surface area contributed by atoms with Crippen molar-refractivity contribution in [3.63, 3.8) is 0 Å². The predicted molar refractivity (Wildman–Crippen MR) is 374 cm³/mol. The monoisotopic (exact) mass is 1350 g/mol. The fourth-order valence-corrected chi connectivity index (χ4v) is 19.8. The second-order valence-corrected chi connectivity index (χ2v) is 33.8. The molecule has 0 atom stereocenters. The van der Waals surface area contributed by atoms with Crippen LogP contribution in [0, 0.1) is 12.1 Å². The fourth-order valence-electron chi connectivity index (χ4n) is 16.2. The van der Waals surface area contributed by atoms with E-state index in [1.165, 1.54) is 131 Å². The Morgan fingerprint density at radius 1 is 0.333 bits per heavy atom. The van der Waals surface area contributed by atoms with Crippen molar-refractivity contribution >= 4 is 53.8 Å². The van der Waals surface area contributed by atoms with E-state index in [1.54, 1.807) is 0 Å². The van der Waals surface area contributed by atoms with Crippen molar-refractivity contribution in [3.8, 4) is 78.3 Å². The van der Waals surface area contributed by atoms with Gasteiger partial charge < -0.3 is 0 Å². The molecule has 0 fully saturated rings. The molecule has 5 heterocycles. The van der Waals surface area contributed by atoms with Crippen molar-refractivity contribution < 1.29 is 22.4 Å². The van der Waals surface area contributed by atoms with Crippen LogP contribution in [0.4, 0.5) is 45.5 Å². The van der Waals surface area contributed by atoms with E-state index in [9.17, 15) is 0 Å². The van der Waals surface area contributed by atoms with E-state index in [1.807, 2.05) is 12.1 Å². The molecule has 0 radical (unpaired) electrons. The van der Waals surface area contributed by atoms with Crippen LogP contribution in [-0.2, 0) is 50.1 Å². The number of ether oxygens (including phenoxy) is 1. The molecule has 0 saturated carbocycles. The average Bonchev–Trinajstić information content (AvgIpc) is 1.42. The SMILES string of the molecule is CC(C)(C)c1cc(C(C)(C)C)c2c3c1-c1ccc4c(c1)-c1cc(ccc1C4(C)C)-c1c(C(C)(C)C)cc(C(C)(C)C)c(c1N1[C]4=[Pt]=[C]5N(c6[c-]c(ccc6)Oc6[c-]c(ccc6)N4c4ccccc41)c1ccccc1N53)-c1ccc3c(c1)-c1cc-2ccc1C3(C)C. The molecule has 0 saturated heterocycles. The molecule has 16 bridgehead atoms. The molecule has 5 aliphatic heterocycles. The van der Waals surface area contributed by atoms with Crippen molar-refractivity contribution in [3.05, 3.63) is 226 Å². The zero-order chi connectivity index (χ0) is 62.4. The summed E-state index contributed by atoms with van der Waals surface area (Å²) in [6.07, 6.45) is 0. The Kier molecular flexibility index (Phi) is 11.3. The summed E-state index contributed by atoms with van der Waals surface area (Å²) in [6, 6.07) is 74.7. The van der Waals surface area contributed by atoms with Gasteiger partial charge in [-0.15, -0.1) is 0 Å². The van der Waals surface area contributed by atoms with Crippen LogP contribution in [0.25, 0.3) is 66.8 Å². The first-order valence-electron chi connectivity index (χ1n) is 32.2. The molecular weight excluding hydrogens is 1280 g/mol. The first-order valence-corrected chi connectivity index (χ1v) is 34.4. The fraction of sp³-hybridized carbons (Fsp3) is 0.262. The Labute approximate surface area is 540 Å². The molecule has 0 amide bonds. The van der Waals surface area contributed by atoms with E-state index in [2.05, 4.69) is 300 Å². The van der Waals surface area contributed by atoms with Crippen LogP contribution < -0.4 is 24.3 Å². The summed E-state index contributed by atoms with van der Waals surface area (Å²) in [4.78, 5) is 10.7. The number of hydrogen-bond acceptors (Lipinski definition) is 5. The standard InChI is InChI=1S/C84H76N4O.Pt/c1-79(2,3)65-45-66(80(4,5)6)74-50-32-36-63-59(40-50)60-42-52(34-38-64(60)84(63,15)16)76-68(82(10,11)12)46-67(81(7,8)9)75-51-33-37-62-58(41-51)57-39-49(31-35-61(57)83(62,13)14)73(65)77(74)87-47-85(69-27-17-19-29-71(69)87)53-23-21-25-55(43-53)89-56-26-22-24-54(44-56)86-48-88(78(75)76)72-30-20-18-28-70(72)86;/h17-42,45-46H,1-16H3;/q-2;.